The molecule has 4 heterocycles. The molecule has 150 valence electrons. The number of ether oxygens (including phenoxy) is 2. The molecule has 1 atom stereocenters. The predicted molar refractivity (Wildman–Crippen MR) is 105 cm³/mol. The van der Waals surface area contributed by atoms with Crippen LogP contribution in [0.2, 0.25) is 0 Å². The van der Waals surface area contributed by atoms with Gasteiger partial charge < -0.3 is 18.9 Å². The first kappa shape index (κ1) is 17.9. The lowest BCUT2D eigenvalue weighted by Crippen LogP contribution is -2.45. The zero-order chi connectivity index (χ0) is 20.0. The van der Waals surface area contributed by atoms with E-state index in [1.807, 2.05) is 36.3 Å². The lowest BCUT2D eigenvalue weighted by atomic mass is 10.0. The topological polar surface area (TPSA) is 74.4 Å². The molecule has 3 aromatic rings. The van der Waals surface area contributed by atoms with Gasteiger partial charge in [0.05, 0.1) is 32.1 Å². The number of fused-ring (bicyclic) bond motifs is 1. The monoisotopic (exact) mass is 393 g/mol. The van der Waals surface area contributed by atoms with Crippen molar-refractivity contribution in [1.82, 2.24) is 24.2 Å². The largest absolute Gasteiger partial charge is 0.497 e. The standard InChI is InChI=1S/C21H23N5O3/c1-24-8-6-17(23-24)20(27)25-9-7-21(13-25)14-26-18(11-22-19(26)12-29-21)15-4-3-5-16(10-15)28-2/h3-6,8,10-11H,7,9,12-14H2,1-2H3. The smallest absolute Gasteiger partial charge is 0.274 e. The second-order valence-corrected chi connectivity index (χ2v) is 7.70. The summed E-state index contributed by atoms with van der Waals surface area (Å²) in [6.45, 7) is 2.32. The van der Waals surface area contributed by atoms with Gasteiger partial charge in [-0.15, -0.1) is 0 Å². The average Bonchev–Trinajstić information content (AvgIpc) is 3.46. The van der Waals surface area contributed by atoms with E-state index in [1.54, 1.807) is 24.1 Å². The van der Waals surface area contributed by atoms with Gasteiger partial charge in [-0.25, -0.2) is 4.98 Å². The zero-order valence-electron chi connectivity index (χ0n) is 16.5. The Bertz CT molecular complexity index is 1070. The van der Waals surface area contributed by atoms with Crippen LogP contribution in [0.3, 0.4) is 0 Å². The first-order valence-electron chi connectivity index (χ1n) is 9.69. The number of rotatable bonds is 3. The highest BCUT2D eigenvalue weighted by Crippen LogP contribution is 2.36. The zero-order valence-corrected chi connectivity index (χ0v) is 16.5. The molecule has 0 radical (unpaired) electrons. The second kappa shape index (κ2) is 6.73. The Balaban J connectivity index is 1.40. The predicted octanol–water partition coefficient (Wildman–Crippen LogP) is 2.11. The van der Waals surface area contributed by atoms with Crippen molar-refractivity contribution in [3.05, 3.63) is 54.2 Å². The minimum Gasteiger partial charge on any atom is -0.497 e. The van der Waals surface area contributed by atoms with Gasteiger partial charge in [0.2, 0.25) is 0 Å². The van der Waals surface area contributed by atoms with Crippen molar-refractivity contribution in [2.75, 3.05) is 20.2 Å². The van der Waals surface area contributed by atoms with Crippen LogP contribution in [0.1, 0.15) is 22.7 Å². The van der Waals surface area contributed by atoms with Crippen LogP contribution in [0.4, 0.5) is 0 Å². The van der Waals surface area contributed by atoms with Crippen LogP contribution >= 0.6 is 0 Å². The fraction of sp³-hybridized carbons (Fsp3) is 0.381. The molecule has 1 unspecified atom stereocenters. The van der Waals surface area contributed by atoms with Crippen LogP contribution in [-0.4, -0.2) is 55.9 Å². The highest BCUT2D eigenvalue weighted by atomic mass is 16.5. The average molecular weight is 393 g/mol. The summed E-state index contributed by atoms with van der Waals surface area (Å²) in [6.07, 6.45) is 4.47. The number of methoxy groups -OCH3 is 1. The second-order valence-electron chi connectivity index (χ2n) is 7.70. The summed E-state index contributed by atoms with van der Waals surface area (Å²) in [5, 5.41) is 4.24. The summed E-state index contributed by atoms with van der Waals surface area (Å²) < 4.78 is 15.5. The number of aromatic nitrogens is 4. The number of carbonyl (C=O) groups is 1. The van der Waals surface area contributed by atoms with Crippen LogP contribution in [0.15, 0.2) is 42.7 Å². The molecule has 0 bridgehead atoms. The highest BCUT2D eigenvalue weighted by molar-refractivity contribution is 5.92. The number of benzene rings is 1. The molecule has 1 aromatic carbocycles. The minimum atomic E-state index is -0.397. The summed E-state index contributed by atoms with van der Waals surface area (Å²) in [4.78, 5) is 19.2. The van der Waals surface area contributed by atoms with Crippen molar-refractivity contribution in [3.8, 4) is 17.0 Å². The Morgan fingerprint density at radius 3 is 2.97 bits per heavy atom. The van der Waals surface area contributed by atoms with Crippen molar-refractivity contribution in [3.63, 3.8) is 0 Å². The Kier molecular flexibility index (Phi) is 4.16. The molecule has 2 aliphatic heterocycles. The molecule has 5 rings (SSSR count). The Morgan fingerprint density at radius 1 is 1.28 bits per heavy atom. The van der Waals surface area contributed by atoms with Gasteiger partial charge in [0.15, 0.2) is 0 Å². The van der Waals surface area contributed by atoms with E-state index in [0.29, 0.717) is 31.9 Å². The molecule has 1 fully saturated rings. The van der Waals surface area contributed by atoms with Gasteiger partial charge in [0.1, 0.15) is 29.5 Å². The number of carbonyl (C=O) groups excluding carboxylic acids is 1. The molecule has 1 saturated heterocycles. The number of amides is 1. The van der Waals surface area contributed by atoms with Crippen molar-refractivity contribution in [1.29, 1.82) is 0 Å². The lowest BCUT2D eigenvalue weighted by Gasteiger charge is -2.35. The Morgan fingerprint density at radius 2 is 2.17 bits per heavy atom. The number of imidazole rings is 1. The van der Waals surface area contributed by atoms with Crippen molar-refractivity contribution in [2.45, 2.75) is 25.2 Å². The fourth-order valence-corrected chi connectivity index (χ4v) is 4.23. The summed E-state index contributed by atoms with van der Waals surface area (Å²) in [6, 6.07) is 9.73. The van der Waals surface area contributed by atoms with Crippen LogP contribution in [-0.2, 0) is 24.9 Å². The van der Waals surface area contributed by atoms with Crippen LogP contribution in [0, 0.1) is 0 Å². The van der Waals surface area contributed by atoms with E-state index >= 15 is 0 Å². The Labute approximate surface area is 168 Å². The molecule has 8 heteroatoms. The van der Waals surface area contributed by atoms with E-state index in [2.05, 4.69) is 20.7 Å². The number of aryl methyl sites for hydroxylation is 1. The van der Waals surface area contributed by atoms with E-state index in [1.165, 1.54) is 0 Å². The van der Waals surface area contributed by atoms with Crippen molar-refractivity contribution < 1.29 is 14.3 Å². The van der Waals surface area contributed by atoms with E-state index in [9.17, 15) is 4.79 Å². The molecule has 0 N–H and O–H groups in total. The summed E-state index contributed by atoms with van der Waals surface area (Å²) in [7, 11) is 3.48. The van der Waals surface area contributed by atoms with E-state index in [4.69, 9.17) is 9.47 Å². The minimum absolute atomic E-state index is 0.0458. The van der Waals surface area contributed by atoms with Gasteiger partial charge in [-0.3, -0.25) is 9.48 Å². The molecule has 1 amide bonds. The molecule has 8 nitrogen and oxygen atoms in total. The highest BCUT2D eigenvalue weighted by Gasteiger charge is 2.45. The molecule has 29 heavy (non-hydrogen) atoms. The maximum atomic E-state index is 12.8. The lowest BCUT2D eigenvalue weighted by molar-refractivity contribution is -0.0804. The number of likely N-dealkylation sites (tertiary alicyclic amines) is 1. The first-order chi connectivity index (χ1) is 14.1. The molecular formula is C21H23N5O3. The third-order valence-electron chi connectivity index (χ3n) is 5.79. The summed E-state index contributed by atoms with van der Waals surface area (Å²) in [5.41, 5.74) is 2.17. The number of nitrogens with zero attached hydrogens (tertiary/aromatic N) is 5. The summed E-state index contributed by atoms with van der Waals surface area (Å²) >= 11 is 0. The maximum Gasteiger partial charge on any atom is 0.274 e. The fourth-order valence-electron chi connectivity index (χ4n) is 4.23. The van der Waals surface area contributed by atoms with Crippen molar-refractivity contribution in [2.24, 2.45) is 7.05 Å². The first-order valence-corrected chi connectivity index (χ1v) is 9.69. The van der Waals surface area contributed by atoms with Gasteiger partial charge in [-0.1, -0.05) is 12.1 Å². The van der Waals surface area contributed by atoms with Crippen LogP contribution in [0.5, 0.6) is 5.75 Å². The van der Waals surface area contributed by atoms with Gasteiger partial charge in [0.25, 0.3) is 5.91 Å². The quantitative estimate of drug-likeness (QED) is 0.681. The maximum absolute atomic E-state index is 12.8. The van der Waals surface area contributed by atoms with Crippen LogP contribution in [0.25, 0.3) is 11.3 Å². The normalized spacial score (nSPS) is 20.8. The third kappa shape index (κ3) is 3.09. The Hall–Kier alpha value is -3.13. The van der Waals surface area contributed by atoms with Gasteiger partial charge in [-0.2, -0.15) is 5.10 Å². The van der Waals surface area contributed by atoms with Crippen LogP contribution < -0.4 is 4.74 Å². The summed E-state index contributed by atoms with van der Waals surface area (Å²) in [5.74, 6) is 1.67. The molecule has 2 aromatic heterocycles. The molecule has 2 aliphatic rings. The molecule has 1 spiro atoms. The van der Waals surface area contributed by atoms with Gasteiger partial charge in [-0.05, 0) is 24.6 Å². The van der Waals surface area contributed by atoms with Gasteiger partial charge >= 0.3 is 0 Å². The number of hydrogen-bond acceptors (Lipinski definition) is 5. The molecule has 0 aliphatic carbocycles. The van der Waals surface area contributed by atoms with E-state index in [-0.39, 0.29) is 5.91 Å². The molecular weight excluding hydrogens is 370 g/mol. The van der Waals surface area contributed by atoms with E-state index < -0.39 is 5.60 Å². The van der Waals surface area contributed by atoms with E-state index in [0.717, 1.165) is 29.3 Å². The number of hydrogen-bond donors (Lipinski definition) is 0. The molecule has 0 saturated carbocycles. The van der Waals surface area contributed by atoms with Crippen molar-refractivity contribution >= 4 is 5.91 Å². The third-order valence-corrected chi connectivity index (χ3v) is 5.79. The van der Waals surface area contributed by atoms with Gasteiger partial charge in [0, 0.05) is 25.4 Å². The SMILES string of the molecule is COc1cccc(-c2cnc3n2CC2(CCN(C(=O)c4ccn(C)n4)C2)OC3)c1.